The van der Waals surface area contributed by atoms with E-state index in [1.807, 2.05) is 27.7 Å². The van der Waals surface area contributed by atoms with Crippen molar-refractivity contribution < 1.29 is 42.1 Å². The predicted octanol–water partition coefficient (Wildman–Crippen LogP) is 6.23. The minimum absolute atomic E-state index is 0. The zero-order valence-electron chi connectivity index (χ0n) is 21.1. The number of rotatable bonds is 12. The number of hydrogen-bond acceptors (Lipinski definition) is 4. The van der Waals surface area contributed by atoms with E-state index < -0.39 is 0 Å². The van der Waals surface area contributed by atoms with Crippen molar-refractivity contribution in [3.63, 3.8) is 0 Å². The van der Waals surface area contributed by atoms with Crippen LogP contribution in [-0.2, 0) is 21.7 Å². The van der Waals surface area contributed by atoms with Crippen LogP contribution in [-0.4, -0.2) is 44.8 Å². The van der Waals surface area contributed by atoms with E-state index in [1.165, 1.54) is 25.7 Å². The molecular formula is C24H56O4Ti. The Kier molecular flexibility index (Phi) is 49.6. The Hall–Kier alpha value is 0.554. The summed E-state index contributed by atoms with van der Waals surface area (Å²) in [7, 11) is 0. The van der Waals surface area contributed by atoms with Gasteiger partial charge in [-0.2, -0.15) is 0 Å². The van der Waals surface area contributed by atoms with Crippen molar-refractivity contribution in [3.05, 3.63) is 0 Å². The van der Waals surface area contributed by atoms with Crippen LogP contribution in [0.3, 0.4) is 0 Å². The molecule has 0 spiro atoms. The summed E-state index contributed by atoms with van der Waals surface area (Å²) < 4.78 is 0. The van der Waals surface area contributed by atoms with Crippen LogP contribution in [0.2, 0.25) is 0 Å². The molecule has 0 fully saturated rings. The van der Waals surface area contributed by atoms with Crippen LogP contribution in [0.25, 0.3) is 0 Å². The molecule has 0 saturated carbocycles. The Bertz CT molecular complexity index is 187. The van der Waals surface area contributed by atoms with Crippen LogP contribution < -0.4 is 0 Å². The number of unbranched alkanes of at least 4 members (excludes halogenated alkanes) is 4. The molecule has 0 rings (SSSR count). The molecule has 0 aromatic rings. The van der Waals surface area contributed by atoms with Crippen LogP contribution in [0.15, 0.2) is 0 Å². The van der Waals surface area contributed by atoms with Gasteiger partial charge in [-0.05, 0) is 53.4 Å². The second-order valence-corrected chi connectivity index (χ2v) is 7.96. The second kappa shape index (κ2) is 36.0. The quantitative estimate of drug-likeness (QED) is 0.263. The molecule has 4 unspecified atom stereocenters. The molecule has 180 valence electrons. The molecule has 5 heteroatoms. The first-order chi connectivity index (χ1) is 13.1. The molecule has 0 aromatic carbocycles. The summed E-state index contributed by atoms with van der Waals surface area (Å²) in [5, 5.41) is 34.7. The summed E-state index contributed by atoms with van der Waals surface area (Å²) in [5.41, 5.74) is 0. The van der Waals surface area contributed by atoms with Crippen LogP contribution in [0.1, 0.15) is 132 Å². The van der Waals surface area contributed by atoms with Crippen LogP contribution >= 0.6 is 0 Å². The van der Waals surface area contributed by atoms with Gasteiger partial charge < -0.3 is 20.4 Å². The van der Waals surface area contributed by atoms with Gasteiger partial charge >= 0.3 is 0 Å². The summed E-state index contributed by atoms with van der Waals surface area (Å²) in [5.74, 6) is 0. The normalized spacial score (nSPS) is 13.7. The molecule has 0 heterocycles. The molecule has 0 aliphatic carbocycles. The van der Waals surface area contributed by atoms with E-state index in [0.717, 1.165) is 51.4 Å². The van der Waals surface area contributed by atoms with Crippen molar-refractivity contribution in [2.45, 2.75) is 157 Å². The second-order valence-electron chi connectivity index (χ2n) is 7.96. The molecule has 29 heavy (non-hydrogen) atoms. The van der Waals surface area contributed by atoms with E-state index in [-0.39, 0.29) is 46.1 Å². The average Bonchev–Trinajstić information content (AvgIpc) is 2.62. The summed E-state index contributed by atoms with van der Waals surface area (Å²) in [6.07, 6.45) is 12.8. The van der Waals surface area contributed by atoms with Gasteiger partial charge in [-0.15, -0.1) is 0 Å². The third-order valence-electron chi connectivity index (χ3n) is 3.90. The molecular weight excluding hydrogens is 400 g/mol. The maximum atomic E-state index is 8.68. The number of hydrogen-bond donors (Lipinski definition) is 4. The Balaban J connectivity index is -0.0000000873. The van der Waals surface area contributed by atoms with Crippen LogP contribution in [0, 0.1) is 0 Å². The van der Waals surface area contributed by atoms with Crippen molar-refractivity contribution >= 4 is 0 Å². The number of aliphatic hydroxyl groups excluding tert-OH is 4. The molecule has 0 amide bonds. The van der Waals surface area contributed by atoms with Gasteiger partial charge in [0.25, 0.3) is 0 Å². The molecule has 0 aliphatic rings. The zero-order valence-corrected chi connectivity index (χ0v) is 22.6. The third-order valence-corrected chi connectivity index (χ3v) is 3.90. The summed E-state index contributed by atoms with van der Waals surface area (Å²) in [6, 6.07) is 0. The van der Waals surface area contributed by atoms with E-state index in [1.54, 1.807) is 0 Å². The van der Waals surface area contributed by atoms with Gasteiger partial charge in [-0.3, -0.25) is 0 Å². The van der Waals surface area contributed by atoms with Crippen LogP contribution in [0.5, 0.6) is 0 Å². The molecule has 0 radical (unpaired) electrons. The van der Waals surface area contributed by atoms with E-state index >= 15 is 0 Å². The maximum Gasteiger partial charge on any atom is 0.0512 e. The van der Waals surface area contributed by atoms with Crippen molar-refractivity contribution in [1.29, 1.82) is 0 Å². The summed E-state index contributed by atoms with van der Waals surface area (Å²) in [6.45, 7) is 15.8. The number of aliphatic hydroxyl groups is 4. The van der Waals surface area contributed by atoms with Gasteiger partial charge in [0.1, 0.15) is 0 Å². The van der Waals surface area contributed by atoms with Gasteiger partial charge in [0.2, 0.25) is 0 Å². The average molecular weight is 457 g/mol. The Morgan fingerprint density at radius 3 is 0.586 bits per heavy atom. The SMILES string of the molecule is CCCCC(C)O.CCCCC(C)O.CCCCC(C)O.CCCCC(C)O.[Ti]. The minimum atomic E-state index is -0.0973. The van der Waals surface area contributed by atoms with Gasteiger partial charge in [0.05, 0.1) is 24.4 Å². The molecule has 0 aliphatic heterocycles. The molecule has 0 bridgehead atoms. The standard InChI is InChI=1S/4C6H14O.Ti/c4*1-3-4-5-6(2)7;/h4*6-7H,3-5H2,1-2H3;. The van der Waals surface area contributed by atoms with Gasteiger partial charge in [-0.25, -0.2) is 0 Å². The fourth-order valence-electron chi connectivity index (χ4n) is 2.00. The monoisotopic (exact) mass is 456 g/mol. The molecule has 4 N–H and O–H groups in total. The molecule has 0 aromatic heterocycles. The predicted molar refractivity (Wildman–Crippen MR) is 125 cm³/mol. The molecule has 4 nitrogen and oxygen atoms in total. The van der Waals surface area contributed by atoms with Crippen molar-refractivity contribution in [3.8, 4) is 0 Å². The van der Waals surface area contributed by atoms with E-state index in [9.17, 15) is 0 Å². The fraction of sp³-hybridized carbons (Fsp3) is 1.00. The maximum absolute atomic E-state index is 8.68. The summed E-state index contributed by atoms with van der Waals surface area (Å²) in [4.78, 5) is 0. The van der Waals surface area contributed by atoms with Gasteiger partial charge in [-0.1, -0.05) is 79.1 Å². The Morgan fingerprint density at radius 1 is 0.414 bits per heavy atom. The third kappa shape index (κ3) is 73.5. The smallest absolute Gasteiger partial charge is 0.0512 e. The first-order valence-corrected chi connectivity index (χ1v) is 11.8. The molecule has 4 atom stereocenters. The van der Waals surface area contributed by atoms with E-state index in [4.69, 9.17) is 20.4 Å². The first-order valence-electron chi connectivity index (χ1n) is 11.8. The summed E-state index contributed by atoms with van der Waals surface area (Å²) >= 11 is 0. The first kappa shape index (κ1) is 40.0. The Morgan fingerprint density at radius 2 is 0.552 bits per heavy atom. The van der Waals surface area contributed by atoms with E-state index in [2.05, 4.69) is 27.7 Å². The van der Waals surface area contributed by atoms with E-state index in [0.29, 0.717) is 0 Å². The van der Waals surface area contributed by atoms with Gasteiger partial charge in [0, 0.05) is 21.7 Å². The minimum Gasteiger partial charge on any atom is -0.393 e. The van der Waals surface area contributed by atoms with Crippen molar-refractivity contribution in [2.75, 3.05) is 0 Å². The molecule has 0 saturated heterocycles. The van der Waals surface area contributed by atoms with Crippen LogP contribution in [0.4, 0.5) is 0 Å². The topological polar surface area (TPSA) is 80.9 Å². The zero-order chi connectivity index (χ0) is 22.8. The van der Waals surface area contributed by atoms with Gasteiger partial charge in [0.15, 0.2) is 0 Å². The fourth-order valence-corrected chi connectivity index (χ4v) is 2.00. The van der Waals surface area contributed by atoms with Crippen molar-refractivity contribution in [2.24, 2.45) is 0 Å². The largest absolute Gasteiger partial charge is 0.393 e. The Labute approximate surface area is 198 Å². The van der Waals surface area contributed by atoms with Crippen molar-refractivity contribution in [1.82, 2.24) is 0 Å².